The van der Waals surface area contributed by atoms with Gasteiger partial charge in [0.05, 0.1) is 0 Å². The molecule has 0 aromatic rings. The van der Waals surface area contributed by atoms with Gasteiger partial charge in [-0.3, -0.25) is 4.79 Å². The highest BCUT2D eigenvalue weighted by Crippen LogP contribution is 2.18. The Balaban J connectivity index is 3.92. The molecule has 0 radical (unpaired) electrons. The summed E-state index contributed by atoms with van der Waals surface area (Å²) in [6.45, 7) is 11.1. The van der Waals surface area contributed by atoms with Crippen molar-refractivity contribution in [2.75, 3.05) is 6.54 Å². The minimum absolute atomic E-state index is 0.0447. The summed E-state index contributed by atoms with van der Waals surface area (Å²) in [7, 11) is 0. The predicted molar refractivity (Wildman–Crippen MR) is 69.1 cm³/mol. The van der Waals surface area contributed by atoms with Crippen molar-refractivity contribution in [3.05, 3.63) is 0 Å². The van der Waals surface area contributed by atoms with E-state index in [1.165, 1.54) is 0 Å². The molecule has 0 aliphatic heterocycles. The SMILES string of the molecule is CCC(CC)C(N)CNC(=O)CC(C)(C)C. The molecule has 96 valence electrons. The Labute approximate surface area is 100 Å². The Morgan fingerprint density at radius 3 is 2.12 bits per heavy atom. The largest absolute Gasteiger partial charge is 0.355 e. The third kappa shape index (κ3) is 6.83. The van der Waals surface area contributed by atoms with Crippen LogP contribution in [0.3, 0.4) is 0 Å². The molecule has 0 rings (SSSR count). The van der Waals surface area contributed by atoms with Crippen molar-refractivity contribution in [3.8, 4) is 0 Å². The van der Waals surface area contributed by atoms with Crippen molar-refractivity contribution in [3.63, 3.8) is 0 Å². The summed E-state index contributed by atoms with van der Waals surface area (Å²) in [5.74, 6) is 0.615. The molecule has 0 saturated heterocycles. The number of nitrogens with one attached hydrogen (secondary N) is 1. The molecule has 0 aromatic heterocycles. The van der Waals surface area contributed by atoms with E-state index < -0.39 is 0 Å². The van der Waals surface area contributed by atoms with E-state index >= 15 is 0 Å². The fourth-order valence-electron chi connectivity index (χ4n) is 1.84. The molecule has 0 heterocycles. The van der Waals surface area contributed by atoms with Gasteiger partial charge in [-0.2, -0.15) is 0 Å². The third-order valence-corrected chi connectivity index (χ3v) is 2.88. The van der Waals surface area contributed by atoms with Crippen LogP contribution in [0.2, 0.25) is 0 Å². The van der Waals surface area contributed by atoms with Crippen LogP contribution in [0.15, 0.2) is 0 Å². The molecule has 1 atom stereocenters. The van der Waals surface area contributed by atoms with Crippen LogP contribution in [-0.4, -0.2) is 18.5 Å². The average molecular weight is 228 g/mol. The highest BCUT2D eigenvalue weighted by Gasteiger charge is 2.18. The van der Waals surface area contributed by atoms with E-state index in [9.17, 15) is 4.79 Å². The van der Waals surface area contributed by atoms with Crippen LogP contribution in [0.4, 0.5) is 0 Å². The van der Waals surface area contributed by atoms with E-state index in [-0.39, 0.29) is 17.4 Å². The Morgan fingerprint density at radius 2 is 1.75 bits per heavy atom. The van der Waals surface area contributed by atoms with Gasteiger partial charge in [0.2, 0.25) is 5.91 Å². The first-order valence-electron chi connectivity index (χ1n) is 6.32. The topological polar surface area (TPSA) is 55.1 Å². The van der Waals surface area contributed by atoms with Gasteiger partial charge < -0.3 is 11.1 Å². The van der Waals surface area contributed by atoms with Crippen LogP contribution in [-0.2, 0) is 4.79 Å². The molecule has 0 fully saturated rings. The molecule has 3 nitrogen and oxygen atoms in total. The quantitative estimate of drug-likeness (QED) is 0.733. The summed E-state index contributed by atoms with van der Waals surface area (Å²) < 4.78 is 0. The highest BCUT2D eigenvalue weighted by atomic mass is 16.1. The van der Waals surface area contributed by atoms with Gasteiger partial charge in [0, 0.05) is 19.0 Å². The van der Waals surface area contributed by atoms with Gasteiger partial charge in [-0.1, -0.05) is 47.5 Å². The second-order valence-electron chi connectivity index (χ2n) is 5.78. The molecule has 0 aliphatic rings. The molecule has 1 unspecified atom stereocenters. The summed E-state index contributed by atoms with van der Waals surface area (Å²) >= 11 is 0. The zero-order valence-corrected chi connectivity index (χ0v) is 11.5. The molecular formula is C13H28N2O. The van der Waals surface area contributed by atoms with Crippen molar-refractivity contribution in [1.82, 2.24) is 5.32 Å². The van der Waals surface area contributed by atoms with Crippen LogP contribution in [0.25, 0.3) is 0 Å². The number of carbonyl (C=O) groups is 1. The summed E-state index contributed by atoms with van der Waals surface area (Å²) in [4.78, 5) is 11.6. The molecule has 3 heteroatoms. The summed E-state index contributed by atoms with van der Waals surface area (Å²) in [5.41, 5.74) is 6.08. The van der Waals surface area contributed by atoms with Crippen molar-refractivity contribution >= 4 is 5.91 Å². The number of hydrogen-bond donors (Lipinski definition) is 2. The number of amides is 1. The van der Waals surface area contributed by atoms with Crippen molar-refractivity contribution < 1.29 is 4.79 Å². The van der Waals surface area contributed by atoms with Crippen LogP contribution in [0, 0.1) is 11.3 Å². The van der Waals surface area contributed by atoms with Gasteiger partial charge in [-0.05, 0) is 11.3 Å². The summed E-state index contributed by atoms with van der Waals surface area (Å²) in [6, 6.07) is 0.0823. The van der Waals surface area contributed by atoms with Gasteiger partial charge in [0.25, 0.3) is 0 Å². The van der Waals surface area contributed by atoms with E-state index in [1.54, 1.807) is 0 Å². The Kier molecular flexibility index (Phi) is 6.65. The third-order valence-electron chi connectivity index (χ3n) is 2.88. The van der Waals surface area contributed by atoms with Crippen LogP contribution >= 0.6 is 0 Å². The minimum atomic E-state index is 0.0447. The minimum Gasteiger partial charge on any atom is -0.355 e. The first kappa shape index (κ1) is 15.4. The number of hydrogen-bond acceptors (Lipinski definition) is 2. The zero-order chi connectivity index (χ0) is 12.8. The standard InChI is InChI=1S/C13H28N2O/c1-6-10(7-2)11(14)9-15-12(16)8-13(3,4)5/h10-11H,6-9,14H2,1-5H3,(H,15,16). The zero-order valence-electron chi connectivity index (χ0n) is 11.5. The molecule has 0 aromatic carbocycles. The van der Waals surface area contributed by atoms with Crippen LogP contribution < -0.4 is 11.1 Å². The van der Waals surface area contributed by atoms with E-state index in [0.717, 1.165) is 12.8 Å². The summed E-state index contributed by atoms with van der Waals surface area (Å²) in [6.07, 6.45) is 2.71. The highest BCUT2D eigenvalue weighted by molar-refractivity contribution is 5.76. The van der Waals surface area contributed by atoms with Crippen molar-refractivity contribution in [2.24, 2.45) is 17.1 Å². The molecular weight excluding hydrogens is 200 g/mol. The molecule has 0 spiro atoms. The predicted octanol–water partition coefficient (Wildman–Crippen LogP) is 2.30. The first-order chi connectivity index (χ1) is 7.30. The number of carbonyl (C=O) groups excluding carboxylic acids is 1. The molecule has 0 bridgehead atoms. The average Bonchev–Trinajstić information content (AvgIpc) is 2.14. The van der Waals surface area contributed by atoms with Gasteiger partial charge in [-0.25, -0.2) is 0 Å². The van der Waals surface area contributed by atoms with E-state index in [2.05, 4.69) is 39.9 Å². The molecule has 16 heavy (non-hydrogen) atoms. The van der Waals surface area contributed by atoms with Crippen LogP contribution in [0.5, 0.6) is 0 Å². The van der Waals surface area contributed by atoms with Gasteiger partial charge in [-0.15, -0.1) is 0 Å². The Hall–Kier alpha value is -0.570. The maximum absolute atomic E-state index is 11.6. The van der Waals surface area contributed by atoms with Crippen molar-refractivity contribution in [1.29, 1.82) is 0 Å². The molecule has 0 aliphatic carbocycles. The second-order valence-corrected chi connectivity index (χ2v) is 5.78. The number of nitrogens with two attached hydrogens (primary N) is 1. The van der Waals surface area contributed by atoms with E-state index in [4.69, 9.17) is 5.73 Å². The lowest BCUT2D eigenvalue weighted by Crippen LogP contribution is -2.42. The lowest BCUT2D eigenvalue weighted by molar-refractivity contribution is -0.122. The van der Waals surface area contributed by atoms with E-state index in [0.29, 0.717) is 18.9 Å². The molecule has 1 amide bonds. The fourth-order valence-corrected chi connectivity index (χ4v) is 1.84. The monoisotopic (exact) mass is 228 g/mol. The number of rotatable bonds is 6. The Bertz CT molecular complexity index is 204. The second kappa shape index (κ2) is 6.89. The lowest BCUT2D eigenvalue weighted by atomic mass is 9.91. The van der Waals surface area contributed by atoms with Gasteiger partial charge >= 0.3 is 0 Å². The normalized spacial score (nSPS) is 13.9. The summed E-state index contributed by atoms with van der Waals surface area (Å²) in [5, 5.41) is 2.92. The molecule has 3 N–H and O–H groups in total. The van der Waals surface area contributed by atoms with Crippen molar-refractivity contribution in [2.45, 2.75) is 59.9 Å². The molecule has 0 saturated carbocycles. The van der Waals surface area contributed by atoms with E-state index in [1.807, 2.05) is 0 Å². The van der Waals surface area contributed by atoms with Crippen LogP contribution in [0.1, 0.15) is 53.9 Å². The lowest BCUT2D eigenvalue weighted by Gasteiger charge is -2.23. The maximum atomic E-state index is 11.6. The Morgan fingerprint density at radius 1 is 1.25 bits per heavy atom. The first-order valence-corrected chi connectivity index (χ1v) is 6.32. The fraction of sp³-hybridized carbons (Fsp3) is 0.923. The van der Waals surface area contributed by atoms with Gasteiger partial charge in [0.15, 0.2) is 0 Å². The van der Waals surface area contributed by atoms with Gasteiger partial charge in [0.1, 0.15) is 0 Å². The smallest absolute Gasteiger partial charge is 0.220 e. The maximum Gasteiger partial charge on any atom is 0.220 e.